The Hall–Kier alpha value is 0.170. The maximum Gasteiger partial charge on any atom is -0.0412 e. The van der Waals surface area contributed by atoms with E-state index >= 15 is 0 Å². The Morgan fingerprint density at radius 2 is 1.83 bits per heavy atom. The van der Waals surface area contributed by atoms with Crippen molar-refractivity contribution in [3.63, 3.8) is 0 Å². The van der Waals surface area contributed by atoms with Crippen molar-refractivity contribution in [2.24, 2.45) is 0 Å². The van der Waals surface area contributed by atoms with Crippen molar-refractivity contribution in [2.75, 3.05) is 13.3 Å². The topological polar surface area (TPSA) is 0 Å². The van der Waals surface area contributed by atoms with Crippen molar-refractivity contribution in [3.8, 4) is 0 Å². The van der Waals surface area contributed by atoms with Crippen molar-refractivity contribution >= 4 is 7.92 Å². The fourth-order valence-electron chi connectivity index (χ4n) is 0.298. The number of hydrogen-bond donors (Lipinski definition) is 0. The van der Waals surface area contributed by atoms with Gasteiger partial charge < -0.3 is 0 Å². The molecule has 0 radical (unpaired) electrons. The third kappa shape index (κ3) is 4.17. The molecule has 0 rings (SSSR count). The highest BCUT2D eigenvalue weighted by molar-refractivity contribution is 7.59. The van der Waals surface area contributed by atoms with E-state index in [1.54, 1.807) is 0 Å². The third-order valence-electron chi connectivity index (χ3n) is 0.447. The standard InChI is InChI=1S/C5H11P/c1-4-5-6(2)3/h4-5H,1-3H3. The molecule has 0 amide bonds. The predicted molar refractivity (Wildman–Crippen MR) is 33.6 cm³/mol. The lowest BCUT2D eigenvalue weighted by Crippen LogP contribution is -1.51. The second kappa shape index (κ2) is 3.36. The highest BCUT2D eigenvalue weighted by Crippen LogP contribution is 2.24. The third-order valence-corrected chi connectivity index (χ3v) is 1.34. The molecule has 0 aromatic rings. The quantitative estimate of drug-likeness (QED) is 0.445. The van der Waals surface area contributed by atoms with Crippen LogP contribution >= 0.6 is 7.92 Å². The van der Waals surface area contributed by atoms with Crippen LogP contribution < -0.4 is 0 Å². The lowest BCUT2D eigenvalue weighted by molar-refractivity contribution is 1.78. The summed E-state index contributed by atoms with van der Waals surface area (Å²) in [6, 6.07) is 0. The van der Waals surface area contributed by atoms with E-state index in [0.29, 0.717) is 0 Å². The van der Waals surface area contributed by atoms with Crippen LogP contribution in [0.15, 0.2) is 11.9 Å². The minimum atomic E-state index is 0.219. The Bertz CT molecular complexity index is 45.9. The zero-order valence-corrected chi connectivity index (χ0v) is 5.50. The van der Waals surface area contributed by atoms with Gasteiger partial charge in [0.2, 0.25) is 0 Å². The van der Waals surface area contributed by atoms with Gasteiger partial charge in [-0.3, -0.25) is 0 Å². The molecule has 0 N–H and O–H groups in total. The molecular formula is C5H11P. The van der Waals surface area contributed by atoms with Gasteiger partial charge in [0.25, 0.3) is 0 Å². The summed E-state index contributed by atoms with van der Waals surface area (Å²) in [5, 5.41) is 0. The zero-order chi connectivity index (χ0) is 4.99. The zero-order valence-electron chi connectivity index (χ0n) is 4.60. The van der Waals surface area contributed by atoms with Crippen LogP contribution in [-0.4, -0.2) is 13.3 Å². The molecule has 0 aliphatic carbocycles. The first-order valence-electron chi connectivity index (χ1n) is 2.06. The van der Waals surface area contributed by atoms with Crippen molar-refractivity contribution in [1.82, 2.24) is 0 Å². The molecule has 0 aliphatic rings. The highest BCUT2D eigenvalue weighted by Gasteiger charge is 1.74. The molecule has 0 nitrogen and oxygen atoms in total. The Kier molecular flexibility index (Phi) is 3.46. The number of hydrogen-bond acceptors (Lipinski definition) is 0. The molecule has 0 unspecified atom stereocenters. The Morgan fingerprint density at radius 1 is 1.33 bits per heavy atom. The summed E-state index contributed by atoms with van der Waals surface area (Å²) in [6.07, 6.45) is 2.10. The predicted octanol–water partition coefficient (Wildman–Crippen LogP) is 2.26. The van der Waals surface area contributed by atoms with Gasteiger partial charge in [0.1, 0.15) is 0 Å². The second-order valence-electron chi connectivity index (χ2n) is 1.45. The monoisotopic (exact) mass is 102 g/mol. The maximum absolute atomic E-state index is 2.23. The van der Waals surface area contributed by atoms with E-state index in [4.69, 9.17) is 0 Å². The maximum atomic E-state index is 2.23. The van der Waals surface area contributed by atoms with E-state index in [2.05, 4.69) is 32.1 Å². The summed E-state index contributed by atoms with van der Waals surface area (Å²) >= 11 is 0. The van der Waals surface area contributed by atoms with Crippen LogP contribution in [0.1, 0.15) is 6.92 Å². The first kappa shape index (κ1) is 6.17. The van der Waals surface area contributed by atoms with Crippen molar-refractivity contribution < 1.29 is 0 Å². The second-order valence-corrected chi connectivity index (χ2v) is 3.67. The summed E-state index contributed by atoms with van der Waals surface area (Å²) in [5.74, 6) is 2.23. The first-order chi connectivity index (χ1) is 2.77. The van der Waals surface area contributed by atoms with Crippen LogP contribution in [0.3, 0.4) is 0 Å². The summed E-state index contributed by atoms with van der Waals surface area (Å²) in [6.45, 7) is 6.52. The molecule has 0 saturated heterocycles. The van der Waals surface area contributed by atoms with Crippen LogP contribution in [0.25, 0.3) is 0 Å². The molecular weight excluding hydrogens is 91.0 g/mol. The van der Waals surface area contributed by atoms with Crippen molar-refractivity contribution in [3.05, 3.63) is 11.9 Å². The number of rotatable bonds is 1. The Morgan fingerprint density at radius 3 is 1.83 bits per heavy atom. The van der Waals surface area contributed by atoms with E-state index in [9.17, 15) is 0 Å². The van der Waals surface area contributed by atoms with Gasteiger partial charge in [0.15, 0.2) is 0 Å². The molecule has 0 aromatic carbocycles. The van der Waals surface area contributed by atoms with Crippen molar-refractivity contribution in [1.29, 1.82) is 0 Å². The van der Waals surface area contributed by atoms with Crippen LogP contribution in [-0.2, 0) is 0 Å². The molecule has 6 heavy (non-hydrogen) atoms. The average molecular weight is 102 g/mol. The molecule has 0 aromatic heterocycles. The van der Waals surface area contributed by atoms with Gasteiger partial charge in [0, 0.05) is 0 Å². The largest absolute Gasteiger partial charge is 0.0900 e. The van der Waals surface area contributed by atoms with Gasteiger partial charge in [-0.25, -0.2) is 0 Å². The molecule has 36 valence electrons. The minimum Gasteiger partial charge on any atom is -0.0900 e. The van der Waals surface area contributed by atoms with Crippen molar-refractivity contribution in [2.45, 2.75) is 6.92 Å². The Balaban J connectivity index is 3.03. The van der Waals surface area contributed by atoms with Gasteiger partial charge in [-0.05, 0) is 20.3 Å². The van der Waals surface area contributed by atoms with E-state index in [-0.39, 0.29) is 7.92 Å². The average Bonchev–Trinajstić information content (AvgIpc) is 1.35. The number of allylic oxidation sites excluding steroid dienone is 1. The molecule has 0 fully saturated rings. The van der Waals surface area contributed by atoms with E-state index in [0.717, 1.165) is 0 Å². The molecule has 0 atom stereocenters. The molecule has 1 heteroatoms. The van der Waals surface area contributed by atoms with E-state index in [1.165, 1.54) is 0 Å². The van der Waals surface area contributed by atoms with Gasteiger partial charge in [-0.2, -0.15) is 0 Å². The van der Waals surface area contributed by atoms with Crippen LogP contribution in [0, 0.1) is 0 Å². The fraction of sp³-hybridized carbons (Fsp3) is 0.600. The normalized spacial score (nSPS) is 11.3. The van der Waals surface area contributed by atoms with E-state index in [1.807, 2.05) is 0 Å². The van der Waals surface area contributed by atoms with Gasteiger partial charge in [0.05, 0.1) is 0 Å². The molecule has 0 bridgehead atoms. The lowest BCUT2D eigenvalue weighted by atomic mass is 10.8. The molecule has 0 spiro atoms. The van der Waals surface area contributed by atoms with E-state index < -0.39 is 0 Å². The van der Waals surface area contributed by atoms with Crippen LogP contribution in [0.2, 0.25) is 0 Å². The first-order valence-corrected chi connectivity index (χ1v) is 4.37. The molecule has 0 aliphatic heterocycles. The summed E-state index contributed by atoms with van der Waals surface area (Å²) in [7, 11) is 0.219. The van der Waals surface area contributed by atoms with Crippen LogP contribution in [0.5, 0.6) is 0 Å². The minimum absolute atomic E-state index is 0.219. The highest BCUT2D eigenvalue weighted by atomic mass is 31.1. The fourth-order valence-corrected chi connectivity index (χ4v) is 0.894. The summed E-state index contributed by atoms with van der Waals surface area (Å²) < 4.78 is 0. The smallest absolute Gasteiger partial charge is 0.0412 e. The SMILES string of the molecule is CC=CP(C)C. The Labute approximate surface area is 41.0 Å². The van der Waals surface area contributed by atoms with Gasteiger partial charge in [-0.1, -0.05) is 19.8 Å². The summed E-state index contributed by atoms with van der Waals surface area (Å²) in [5.41, 5.74) is 0. The lowest BCUT2D eigenvalue weighted by Gasteiger charge is -1.88. The van der Waals surface area contributed by atoms with Crippen LogP contribution in [0.4, 0.5) is 0 Å². The van der Waals surface area contributed by atoms with Gasteiger partial charge in [-0.15, -0.1) is 0 Å². The molecule has 0 saturated carbocycles. The summed E-state index contributed by atoms with van der Waals surface area (Å²) in [4.78, 5) is 0. The van der Waals surface area contributed by atoms with Gasteiger partial charge >= 0.3 is 0 Å². The molecule has 0 heterocycles.